The zero-order valence-electron chi connectivity index (χ0n) is 5.65. The summed E-state index contributed by atoms with van der Waals surface area (Å²) >= 11 is 0. The highest BCUT2D eigenvalue weighted by Crippen LogP contribution is 2.10. The van der Waals surface area contributed by atoms with Crippen LogP contribution in [0, 0.1) is 5.92 Å². The zero-order chi connectivity index (χ0) is 6.69. The van der Waals surface area contributed by atoms with Crippen LogP contribution in [0.15, 0.2) is 0 Å². The molecule has 0 aromatic rings. The van der Waals surface area contributed by atoms with Crippen molar-refractivity contribution in [3.05, 3.63) is 0 Å². The maximum absolute atomic E-state index is 12.7. The van der Waals surface area contributed by atoms with Gasteiger partial charge in [0.25, 0.3) is 0 Å². The molecule has 2 N–H and O–H groups in total. The molecular formula is C6H13FN2. The van der Waals surface area contributed by atoms with Gasteiger partial charge in [0.15, 0.2) is 0 Å². The first-order valence-electron chi connectivity index (χ1n) is 3.34. The van der Waals surface area contributed by atoms with Gasteiger partial charge >= 0.3 is 0 Å². The molecule has 1 aliphatic rings. The fraction of sp³-hybridized carbons (Fsp3) is 1.00. The van der Waals surface area contributed by atoms with Crippen LogP contribution in [-0.2, 0) is 0 Å². The molecule has 2 nitrogen and oxygen atoms in total. The van der Waals surface area contributed by atoms with Crippen molar-refractivity contribution in [2.45, 2.75) is 6.17 Å². The van der Waals surface area contributed by atoms with E-state index in [9.17, 15) is 4.39 Å². The molecule has 1 aliphatic heterocycles. The molecule has 2 unspecified atom stereocenters. The predicted molar refractivity (Wildman–Crippen MR) is 35.2 cm³/mol. The lowest BCUT2D eigenvalue weighted by atomic mass is 10.1. The highest BCUT2D eigenvalue weighted by atomic mass is 19.1. The van der Waals surface area contributed by atoms with Crippen molar-refractivity contribution in [1.29, 1.82) is 0 Å². The average Bonchev–Trinajstić information content (AvgIpc) is 2.18. The topological polar surface area (TPSA) is 24.1 Å². The Bertz CT molecular complexity index is 87.1. The highest BCUT2D eigenvalue weighted by Gasteiger charge is 2.25. The summed E-state index contributed by atoms with van der Waals surface area (Å²) in [5.41, 5.74) is 0. The van der Waals surface area contributed by atoms with Crippen LogP contribution in [0.1, 0.15) is 0 Å². The summed E-state index contributed by atoms with van der Waals surface area (Å²) < 4.78 is 12.7. The maximum atomic E-state index is 12.7. The second-order valence-electron chi connectivity index (χ2n) is 2.49. The SMILES string of the molecule is CNCC1CNCC1F. The van der Waals surface area contributed by atoms with E-state index in [1.54, 1.807) is 0 Å². The van der Waals surface area contributed by atoms with Crippen LogP contribution >= 0.6 is 0 Å². The van der Waals surface area contributed by atoms with E-state index in [4.69, 9.17) is 0 Å². The summed E-state index contributed by atoms with van der Waals surface area (Å²) in [5.74, 6) is 0.190. The Balaban J connectivity index is 2.22. The van der Waals surface area contributed by atoms with Crippen LogP contribution in [0.4, 0.5) is 4.39 Å². The fourth-order valence-electron chi connectivity index (χ4n) is 1.16. The van der Waals surface area contributed by atoms with E-state index in [0.717, 1.165) is 13.1 Å². The number of nitrogens with one attached hydrogen (secondary N) is 2. The van der Waals surface area contributed by atoms with Gasteiger partial charge in [-0.1, -0.05) is 0 Å². The van der Waals surface area contributed by atoms with Crippen molar-refractivity contribution < 1.29 is 4.39 Å². The van der Waals surface area contributed by atoms with Crippen molar-refractivity contribution in [2.75, 3.05) is 26.7 Å². The Kier molecular flexibility index (Phi) is 2.42. The molecule has 3 heteroatoms. The van der Waals surface area contributed by atoms with Crippen LogP contribution in [0.25, 0.3) is 0 Å². The van der Waals surface area contributed by atoms with Crippen molar-refractivity contribution in [3.8, 4) is 0 Å². The molecule has 0 aromatic heterocycles. The summed E-state index contributed by atoms with van der Waals surface area (Å²) in [6.07, 6.45) is -0.641. The standard InChI is InChI=1S/C6H13FN2/c1-8-2-5-3-9-4-6(5)7/h5-6,8-9H,2-4H2,1H3. The van der Waals surface area contributed by atoms with Crippen LogP contribution in [0.5, 0.6) is 0 Å². The van der Waals surface area contributed by atoms with Gasteiger partial charge in [-0.3, -0.25) is 0 Å². The van der Waals surface area contributed by atoms with Gasteiger partial charge in [-0.15, -0.1) is 0 Å². The quantitative estimate of drug-likeness (QED) is 0.542. The first-order chi connectivity index (χ1) is 4.34. The Hall–Kier alpha value is -0.150. The van der Waals surface area contributed by atoms with Gasteiger partial charge in [-0.2, -0.15) is 0 Å². The molecule has 1 saturated heterocycles. The van der Waals surface area contributed by atoms with E-state index >= 15 is 0 Å². The minimum atomic E-state index is -0.641. The molecule has 0 saturated carbocycles. The third-order valence-electron chi connectivity index (χ3n) is 1.72. The minimum absolute atomic E-state index is 0.190. The van der Waals surface area contributed by atoms with Gasteiger partial charge in [-0.25, -0.2) is 4.39 Å². The third-order valence-corrected chi connectivity index (χ3v) is 1.72. The second kappa shape index (κ2) is 3.13. The Morgan fingerprint density at radius 3 is 2.89 bits per heavy atom. The lowest BCUT2D eigenvalue weighted by molar-refractivity contribution is 0.280. The van der Waals surface area contributed by atoms with Crippen LogP contribution in [0.3, 0.4) is 0 Å². The number of rotatable bonds is 2. The lowest BCUT2D eigenvalue weighted by Gasteiger charge is -2.08. The molecule has 0 bridgehead atoms. The summed E-state index contributed by atoms with van der Waals surface area (Å²) in [4.78, 5) is 0. The maximum Gasteiger partial charge on any atom is 0.118 e. The molecule has 1 rings (SSSR count). The van der Waals surface area contributed by atoms with Crippen LogP contribution in [-0.4, -0.2) is 32.9 Å². The largest absolute Gasteiger partial charge is 0.319 e. The molecule has 54 valence electrons. The fourth-order valence-corrected chi connectivity index (χ4v) is 1.16. The minimum Gasteiger partial charge on any atom is -0.319 e. The van der Waals surface area contributed by atoms with E-state index in [-0.39, 0.29) is 5.92 Å². The van der Waals surface area contributed by atoms with E-state index in [1.807, 2.05) is 7.05 Å². The van der Waals surface area contributed by atoms with Crippen LogP contribution < -0.4 is 10.6 Å². The number of hydrogen-bond donors (Lipinski definition) is 2. The number of alkyl halides is 1. The molecule has 1 fully saturated rings. The van der Waals surface area contributed by atoms with E-state index in [2.05, 4.69) is 10.6 Å². The van der Waals surface area contributed by atoms with Crippen molar-refractivity contribution in [2.24, 2.45) is 5.92 Å². The first kappa shape index (κ1) is 6.96. The molecule has 0 amide bonds. The zero-order valence-corrected chi connectivity index (χ0v) is 5.65. The molecular weight excluding hydrogens is 119 g/mol. The molecule has 0 spiro atoms. The third kappa shape index (κ3) is 1.63. The van der Waals surface area contributed by atoms with E-state index in [1.165, 1.54) is 0 Å². The van der Waals surface area contributed by atoms with Gasteiger partial charge in [0, 0.05) is 25.6 Å². The van der Waals surface area contributed by atoms with Crippen molar-refractivity contribution in [1.82, 2.24) is 10.6 Å². The van der Waals surface area contributed by atoms with Gasteiger partial charge in [0.05, 0.1) is 0 Å². The van der Waals surface area contributed by atoms with Crippen LogP contribution in [0.2, 0.25) is 0 Å². The molecule has 0 radical (unpaired) electrons. The average molecular weight is 132 g/mol. The molecule has 0 aromatic carbocycles. The van der Waals surface area contributed by atoms with Gasteiger partial charge < -0.3 is 10.6 Å². The smallest absolute Gasteiger partial charge is 0.118 e. The summed E-state index contributed by atoms with van der Waals surface area (Å²) in [7, 11) is 1.85. The lowest BCUT2D eigenvalue weighted by Crippen LogP contribution is -2.25. The predicted octanol–water partition coefficient (Wildman–Crippen LogP) is -0.237. The number of hydrogen-bond acceptors (Lipinski definition) is 2. The molecule has 9 heavy (non-hydrogen) atoms. The van der Waals surface area contributed by atoms with Gasteiger partial charge in [0.2, 0.25) is 0 Å². The normalized spacial score (nSPS) is 35.3. The molecule has 0 aliphatic carbocycles. The Morgan fingerprint density at radius 2 is 2.44 bits per heavy atom. The molecule has 1 heterocycles. The van der Waals surface area contributed by atoms with Gasteiger partial charge in [0.1, 0.15) is 6.17 Å². The highest BCUT2D eigenvalue weighted by molar-refractivity contribution is 4.81. The Morgan fingerprint density at radius 1 is 1.67 bits per heavy atom. The van der Waals surface area contributed by atoms with E-state index < -0.39 is 6.17 Å². The molecule has 2 atom stereocenters. The van der Waals surface area contributed by atoms with Crippen molar-refractivity contribution >= 4 is 0 Å². The van der Waals surface area contributed by atoms with E-state index in [0.29, 0.717) is 6.54 Å². The Labute approximate surface area is 54.8 Å². The monoisotopic (exact) mass is 132 g/mol. The second-order valence-corrected chi connectivity index (χ2v) is 2.49. The van der Waals surface area contributed by atoms with Crippen molar-refractivity contribution in [3.63, 3.8) is 0 Å². The van der Waals surface area contributed by atoms with Gasteiger partial charge in [-0.05, 0) is 7.05 Å². The summed E-state index contributed by atoms with van der Waals surface area (Å²) in [6, 6.07) is 0. The summed E-state index contributed by atoms with van der Waals surface area (Å²) in [5, 5.41) is 5.95. The number of halogens is 1. The summed E-state index contributed by atoms with van der Waals surface area (Å²) in [6.45, 7) is 2.14. The first-order valence-corrected chi connectivity index (χ1v) is 3.34.